The molecule has 0 unspecified atom stereocenters. The molecular weight excluding hydrogens is 260 g/mol. The van der Waals surface area contributed by atoms with E-state index in [2.05, 4.69) is 29.4 Å². The van der Waals surface area contributed by atoms with Gasteiger partial charge in [-0.3, -0.25) is 0 Å². The van der Waals surface area contributed by atoms with E-state index in [4.69, 9.17) is 4.42 Å². The minimum atomic E-state index is 0.761. The molecule has 2 aromatic heterocycles. The van der Waals surface area contributed by atoms with E-state index >= 15 is 0 Å². The highest BCUT2D eigenvalue weighted by atomic mass is 16.3. The van der Waals surface area contributed by atoms with E-state index in [1.54, 1.807) is 6.26 Å². The zero-order valence-corrected chi connectivity index (χ0v) is 11.4. The number of nitrogens with zero attached hydrogens (tertiary/aromatic N) is 2. The molecule has 0 N–H and O–H groups in total. The van der Waals surface area contributed by atoms with Gasteiger partial charge in [0, 0.05) is 17.9 Å². The van der Waals surface area contributed by atoms with Crippen molar-refractivity contribution < 1.29 is 4.42 Å². The number of furan rings is 1. The van der Waals surface area contributed by atoms with Crippen molar-refractivity contribution >= 4 is 10.9 Å². The second kappa shape index (κ2) is 4.94. The first-order valence-corrected chi connectivity index (χ1v) is 6.95. The molecule has 0 aliphatic heterocycles. The predicted octanol–water partition coefficient (Wildman–Crippen LogP) is 4.21. The van der Waals surface area contributed by atoms with Crippen molar-refractivity contribution in [2.75, 3.05) is 0 Å². The van der Waals surface area contributed by atoms with Crippen molar-refractivity contribution in [3.63, 3.8) is 0 Å². The molecule has 0 amide bonds. The molecule has 2 heterocycles. The second-order valence-corrected chi connectivity index (χ2v) is 5.01. The largest absolute Gasteiger partial charge is 0.467 e. The average Bonchev–Trinajstić information content (AvgIpc) is 3.14. The van der Waals surface area contributed by atoms with Gasteiger partial charge in [-0.05, 0) is 11.6 Å². The maximum Gasteiger partial charge on any atom is 0.133 e. The third-order valence-electron chi connectivity index (χ3n) is 3.63. The molecule has 21 heavy (non-hydrogen) atoms. The van der Waals surface area contributed by atoms with E-state index in [-0.39, 0.29) is 0 Å². The van der Waals surface area contributed by atoms with Gasteiger partial charge >= 0.3 is 0 Å². The number of fused-ring (bicyclic) bond motifs is 1. The van der Waals surface area contributed by atoms with Gasteiger partial charge in [0.1, 0.15) is 11.4 Å². The fourth-order valence-electron chi connectivity index (χ4n) is 2.60. The van der Waals surface area contributed by atoms with Crippen LogP contribution in [0.4, 0.5) is 0 Å². The van der Waals surface area contributed by atoms with Crippen LogP contribution < -0.4 is 0 Å². The summed E-state index contributed by atoms with van der Waals surface area (Å²) in [5.74, 6) is 0.926. The maximum absolute atomic E-state index is 5.68. The zero-order valence-electron chi connectivity index (χ0n) is 11.4. The third-order valence-corrected chi connectivity index (χ3v) is 3.63. The predicted molar refractivity (Wildman–Crippen MR) is 82.6 cm³/mol. The molecule has 0 aliphatic carbocycles. The quantitative estimate of drug-likeness (QED) is 0.560. The van der Waals surface area contributed by atoms with Crippen LogP contribution in [0.25, 0.3) is 16.6 Å². The van der Waals surface area contributed by atoms with E-state index in [1.807, 2.05) is 47.3 Å². The zero-order chi connectivity index (χ0) is 14.1. The molecule has 0 saturated heterocycles. The summed E-state index contributed by atoms with van der Waals surface area (Å²) in [6.45, 7) is 0. The highest BCUT2D eigenvalue weighted by molar-refractivity contribution is 5.80. The van der Waals surface area contributed by atoms with E-state index < -0.39 is 0 Å². The first-order chi connectivity index (χ1) is 10.4. The maximum atomic E-state index is 5.68. The Labute approximate surface area is 122 Å². The molecule has 102 valence electrons. The van der Waals surface area contributed by atoms with Gasteiger partial charge in [0.25, 0.3) is 0 Å². The van der Waals surface area contributed by atoms with Crippen molar-refractivity contribution in [1.29, 1.82) is 0 Å². The molecule has 3 heteroatoms. The summed E-state index contributed by atoms with van der Waals surface area (Å²) in [6, 6.07) is 20.5. The molecule has 4 rings (SSSR count). The lowest BCUT2D eigenvalue weighted by molar-refractivity contribution is 0.517. The lowest BCUT2D eigenvalue weighted by Gasteiger charge is -2.04. The lowest BCUT2D eigenvalue weighted by Crippen LogP contribution is -1.99. The van der Waals surface area contributed by atoms with Gasteiger partial charge in [-0.15, -0.1) is 0 Å². The van der Waals surface area contributed by atoms with Gasteiger partial charge in [-0.1, -0.05) is 48.5 Å². The highest BCUT2D eigenvalue weighted by Gasteiger charge is 2.12. The molecule has 0 spiro atoms. The van der Waals surface area contributed by atoms with Crippen LogP contribution in [0.2, 0.25) is 0 Å². The smallest absolute Gasteiger partial charge is 0.133 e. The fourth-order valence-corrected chi connectivity index (χ4v) is 2.60. The fraction of sp³-hybridized carbons (Fsp3) is 0.0556. The van der Waals surface area contributed by atoms with Crippen molar-refractivity contribution in [2.24, 2.45) is 0 Å². The minimum Gasteiger partial charge on any atom is -0.467 e. The summed E-state index contributed by atoms with van der Waals surface area (Å²) in [5.41, 5.74) is 3.32. The van der Waals surface area contributed by atoms with Crippen molar-refractivity contribution in [2.45, 2.75) is 6.42 Å². The lowest BCUT2D eigenvalue weighted by atomic mass is 10.1. The molecule has 0 fully saturated rings. The topological polar surface area (TPSA) is 31.0 Å². The number of aromatic nitrogens is 2. The van der Waals surface area contributed by atoms with Crippen LogP contribution in [0.3, 0.4) is 0 Å². The number of rotatable bonds is 3. The van der Waals surface area contributed by atoms with Gasteiger partial charge in [0.05, 0.1) is 18.0 Å². The summed E-state index contributed by atoms with van der Waals surface area (Å²) in [5, 5.41) is 5.63. The monoisotopic (exact) mass is 274 g/mol. The summed E-state index contributed by atoms with van der Waals surface area (Å²) >= 11 is 0. The molecule has 3 nitrogen and oxygen atoms in total. The summed E-state index contributed by atoms with van der Waals surface area (Å²) in [7, 11) is 0. The van der Waals surface area contributed by atoms with Gasteiger partial charge in [-0.25, -0.2) is 4.68 Å². The normalized spacial score (nSPS) is 11.0. The Morgan fingerprint density at radius 1 is 0.905 bits per heavy atom. The first kappa shape index (κ1) is 12.0. The Morgan fingerprint density at radius 2 is 1.71 bits per heavy atom. The first-order valence-electron chi connectivity index (χ1n) is 6.95. The standard InChI is InChI=1S/C18H14N2O/c1-2-6-14(7-3-1)12-18-17(10-11-21-18)20-16-9-5-4-8-15(16)13-19-20/h1-11,13H,12H2. The van der Waals surface area contributed by atoms with Crippen LogP contribution >= 0.6 is 0 Å². The van der Waals surface area contributed by atoms with Crippen molar-refractivity contribution in [3.05, 3.63) is 84.4 Å². The molecule has 2 aromatic carbocycles. The van der Waals surface area contributed by atoms with Crippen LogP contribution in [0, 0.1) is 0 Å². The van der Waals surface area contributed by atoms with Crippen LogP contribution in [0.5, 0.6) is 0 Å². The van der Waals surface area contributed by atoms with Crippen LogP contribution in [-0.2, 0) is 6.42 Å². The average molecular weight is 274 g/mol. The van der Waals surface area contributed by atoms with Gasteiger partial charge < -0.3 is 4.42 Å². The van der Waals surface area contributed by atoms with Crippen LogP contribution in [0.1, 0.15) is 11.3 Å². The van der Waals surface area contributed by atoms with Gasteiger partial charge in [0.2, 0.25) is 0 Å². The van der Waals surface area contributed by atoms with Crippen molar-refractivity contribution in [3.8, 4) is 5.69 Å². The Bertz CT molecular complexity index is 874. The van der Waals surface area contributed by atoms with Crippen LogP contribution in [-0.4, -0.2) is 9.78 Å². The number of para-hydroxylation sites is 1. The molecule has 4 aromatic rings. The van der Waals surface area contributed by atoms with Crippen molar-refractivity contribution in [1.82, 2.24) is 9.78 Å². The molecule has 0 bridgehead atoms. The number of hydrogen-bond donors (Lipinski definition) is 0. The molecule has 0 aliphatic rings. The SMILES string of the molecule is c1ccc(Cc2occc2-n2ncc3ccccc32)cc1. The summed E-state index contributed by atoms with van der Waals surface area (Å²) in [6.07, 6.45) is 4.37. The molecule has 0 radical (unpaired) electrons. The number of benzene rings is 2. The van der Waals surface area contributed by atoms with Gasteiger partial charge in [-0.2, -0.15) is 5.10 Å². The number of hydrogen-bond acceptors (Lipinski definition) is 2. The second-order valence-electron chi connectivity index (χ2n) is 5.01. The van der Waals surface area contributed by atoms with E-state index in [0.29, 0.717) is 0 Å². The van der Waals surface area contributed by atoms with E-state index in [1.165, 1.54) is 5.56 Å². The highest BCUT2D eigenvalue weighted by Crippen LogP contribution is 2.23. The van der Waals surface area contributed by atoms with E-state index in [0.717, 1.165) is 28.8 Å². The minimum absolute atomic E-state index is 0.761. The Kier molecular flexibility index (Phi) is 2.82. The Morgan fingerprint density at radius 3 is 2.62 bits per heavy atom. The Balaban J connectivity index is 1.78. The Hall–Kier alpha value is -2.81. The summed E-state index contributed by atoms with van der Waals surface area (Å²) in [4.78, 5) is 0. The molecule has 0 saturated carbocycles. The third kappa shape index (κ3) is 2.13. The van der Waals surface area contributed by atoms with Gasteiger partial charge in [0.15, 0.2) is 0 Å². The van der Waals surface area contributed by atoms with Crippen LogP contribution in [0.15, 0.2) is 77.5 Å². The summed E-state index contributed by atoms with van der Waals surface area (Å²) < 4.78 is 7.62. The molecular formula is C18H14N2O. The van der Waals surface area contributed by atoms with E-state index in [9.17, 15) is 0 Å². The molecule has 0 atom stereocenters.